The van der Waals surface area contributed by atoms with Crippen LogP contribution in [-0.4, -0.2) is 104 Å². The molecule has 37 heavy (non-hydrogen) atoms. The lowest BCUT2D eigenvalue weighted by Gasteiger charge is -2.55. The molecular weight excluding hydrogens is 483 g/mol. The number of pyridine rings is 1. The highest BCUT2D eigenvalue weighted by Crippen LogP contribution is 2.38. The van der Waals surface area contributed by atoms with Crippen molar-refractivity contribution < 1.29 is 18.7 Å². The summed E-state index contributed by atoms with van der Waals surface area (Å²) in [6, 6.07) is 1.82. The summed E-state index contributed by atoms with van der Waals surface area (Å²) in [5, 5.41) is 8.74. The molecule has 4 aliphatic heterocycles. The summed E-state index contributed by atoms with van der Waals surface area (Å²) in [6.45, 7) is 3.66. The Bertz CT molecular complexity index is 1010. The van der Waals surface area contributed by atoms with Crippen LogP contribution in [0.25, 0.3) is 0 Å². The Balaban J connectivity index is 1.22. The van der Waals surface area contributed by atoms with Gasteiger partial charge in [0.2, 0.25) is 11.8 Å². The first-order chi connectivity index (χ1) is 17.8. The first-order valence-corrected chi connectivity index (χ1v) is 12.9. The smallest absolute Gasteiger partial charge is 0.234 e. The van der Waals surface area contributed by atoms with Crippen molar-refractivity contribution >= 4 is 23.2 Å². The monoisotopic (exact) mass is 518 g/mol. The topological polar surface area (TPSA) is 145 Å². The van der Waals surface area contributed by atoms with Gasteiger partial charge in [0.1, 0.15) is 17.7 Å². The second kappa shape index (κ2) is 10.6. The number of ether oxygens (including phenoxy) is 1. The van der Waals surface area contributed by atoms with Crippen molar-refractivity contribution in [3.05, 3.63) is 23.4 Å². The van der Waals surface area contributed by atoms with Crippen LogP contribution in [0.2, 0.25) is 0 Å². The quantitative estimate of drug-likeness (QED) is 0.428. The van der Waals surface area contributed by atoms with E-state index in [0.29, 0.717) is 44.7 Å². The Morgan fingerprint density at radius 2 is 2.08 bits per heavy atom. The van der Waals surface area contributed by atoms with Gasteiger partial charge in [-0.25, -0.2) is 4.39 Å². The van der Waals surface area contributed by atoms with Gasteiger partial charge in [-0.1, -0.05) is 5.18 Å². The van der Waals surface area contributed by atoms with E-state index < -0.39 is 30.3 Å². The number of nitrogens with two attached hydrogens (primary N) is 1. The Hall–Kier alpha value is -2.74. The minimum absolute atomic E-state index is 0.0261. The number of anilines is 2. The number of carbonyl (C=O) groups is 2. The fraction of sp³-hybridized carbons (Fsp3) is 0.708. The number of nitroso groups, excluding NO2 is 1. The van der Waals surface area contributed by atoms with Crippen LogP contribution in [0.5, 0.6) is 0 Å². The number of hydrogen-bond acceptors (Lipinski definition) is 10. The van der Waals surface area contributed by atoms with E-state index in [2.05, 4.69) is 25.7 Å². The molecule has 2 amide bonds. The second-order valence-electron chi connectivity index (χ2n) is 10.6. The number of alkyl halides is 1. The Kier molecular flexibility index (Phi) is 7.39. The number of nitrogens with one attached hydrogen (secondary N) is 2. The van der Waals surface area contributed by atoms with Gasteiger partial charge in [0, 0.05) is 44.7 Å². The van der Waals surface area contributed by atoms with Crippen LogP contribution in [0, 0.1) is 16.7 Å². The van der Waals surface area contributed by atoms with Crippen LogP contribution in [-0.2, 0) is 14.3 Å². The van der Waals surface area contributed by atoms with Gasteiger partial charge in [-0.05, 0) is 26.0 Å². The maximum Gasteiger partial charge on any atom is 0.234 e. The first kappa shape index (κ1) is 25.9. The van der Waals surface area contributed by atoms with Crippen LogP contribution < -0.4 is 21.3 Å². The number of likely N-dealkylation sites (tertiary alicyclic amines) is 1. The summed E-state index contributed by atoms with van der Waals surface area (Å²) in [4.78, 5) is 47.4. The third-order valence-electron chi connectivity index (χ3n) is 8.12. The van der Waals surface area contributed by atoms with Gasteiger partial charge in [0.05, 0.1) is 43.4 Å². The van der Waals surface area contributed by atoms with Crippen LogP contribution >= 0.6 is 0 Å². The van der Waals surface area contributed by atoms with E-state index in [1.165, 1.54) is 0 Å². The third kappa shape index (κ3) is 5.17. The van der Waals surface area contributed by atoms with E-state index in [-0.39, 0.29) is 30.5 Å². The molecular formula is C24H35FN8O4. The SMILES string of the molecule is CN1CC(F)CNC1C(C(=O)Nc1cnccc1N1CCC(C(=O)N2CC3(CCO3)C2)CC1)C(N)N=O. The van der Waals surface area contributed by atoms with E-state index in [9.17, 15) is 18.9 Å². The summed E-state index contributed by atoms with van der Waals surface area (Å²) in [5.74, 6) is -1.37. The molecule has 4 fully saturated rings. The molecule has 5 rings (SSSR count). The molecule has 4 unspecified atom stereocenters. The van der Waals surface area contributed by atoms with E-state index in [1.54, 1.807) is 24.3 Å². The fourth-order valence-electron chi connectivity index (χ4n) is 5.89. The molecule has 202 valence electrons. The van der Waals surface area contributed by atoms with Gasteiger partial charge in [0.15, 0.2) is 6.17 Å². The minimum Gasteiger partial charge on any atom is -0.371 e. The fourth-order valence-corrected chi connectivity index (χ4v) is 5.89. The van der Waals surface area contributed by atoms with Crippen molar-refractivity contribution in [2.75, 3.05) is 63.1 Å². The summed E-state index contributed by atoms with van der Waals surface area (Å²) in [5.41, 5.74) is 7.11. The van der Waals surface area contributed by atoms with Crippen molar-refractivity contribution in [2.24, 2.45) is 22.7 Å². The number of halogens is 1. The number of nitrogens with zero attached hydrogens (tertiary/aromatic N) is 5. The summed E-state index contributed by atoms with van der Waals surface area (Å²) < 4.78 is 19.4. The standard InChI is InChI=1S/C24H35FN8O4/c1-31-12-16(25)10-28-21(31)19(20(26)30-36)22(34)29-17-11-27-6-2-18(17)32-7-3-15(4-8-32)23(35)33-13-24(14-33)5-9-37-24/h2,6,11,15-16,19-21,28H,3-5,7-10,12-14,26H2,1H3,(H,29,34). The van der Waals surface area contributed by atoms with Gasteiger partial charge in [0.25, 0.3) is 0 Å². The highest BCUT2D eigenvalue weighted by molar-refractivity contribution is 5.96. The van der Waals surface area contributed by atoms with Crippen LogP contribution in [0.15, 0.2) is 23.6 Å². The normalized spacial score (nSPS) is 27.6. The molecule has 12 nitrogen and oxygen atoms in total. The predicted octanol–water partition coefficient (Wildman–Crippen LogP) is 0.104. The number of rotatable bonds is 7. The molecule has 0 bridgehead atoms. The Morgan fingerprint density at radius 3 is 2.70 bits per heavy atom. The van der Waals surface area contributed by atoms with Gasteiger partial charge in [-0.3, -0.25) is 24.8 Å². The molecule has 1 aromatic rings. The maximum absolute atomic E-state index is 13.8. The highest BCUT2D eigenvalue weighted by atomic mass is 19.1. The van der Waals surface area contributed by atoms with Crippen molar-refractivity contribution in [3.63, 3.8) is 0 Å². The Morgan fingerprint density at radius 1 is 1.35 bits per heavy atom. The molecule has 4 N–H and O–H groups in total. The van der Waals surface area contributed by atoms with Gasteiger partial charge < -0.3 is 25.6 Å². The largest absolute Gasteiger partial charge is 0.371 e. The Labute approximate surface area is 215 Å². The minimum atomic E-state index is -1.32. The highest BCUT2D eigenvalue weighted by Gasteiger charge is 2.51. The molecule has 4 saturated heterocycles. The van der Waals surface area contributed by atoms with Crippen molar-refractivity contribution in [1.29, 1.82) is 0 Å². The number of aromatic nitrogens is 1. The van der Waals surface area contributed by atoms with Gasteiger partial charge in [-0.2, -0.15) is 0 Å². The van der Waals surface area contributed by atoms with Gasteiger partial charge >= 0.3 is 0 Å². The van der Waals surface area contributed by atoms with E-state index >= 15 is 0 Å². The number of carbonyl (C=O) groups excluding carboxylic acids is 2. The number of piperidine rings is 1. The zero-order valence-corrected chi connectivity index (χ0v) is 21.0. The first-order valence-electron chi connectivity index (χ1n) is 12.9. The van der Waals surface area contributed by atoms with Crippen LogP contribution in [0.4, 0.5) is 15.8 Å². The number of hydrogen-bond donors (Lipinski definition) is 3. The average molecular weight is 519 g/mol. The zero-order valence-electron chi connectivity index (χ0n) is 21.0. The molecule has 0 saturated carbocycles. The van der Waals surface area contributed by atoms with Crippen LogP contribution in [0.3, 0.4) is 0 Å². The molecule has 5 heterocycles. The average Bonchev–Trinajstić information content (AvgIpc) is 2.84. The predicted molar refractivity (Wildman–Crippen MR) is 134 cm³/mol. The lowest BCUT2D eigenvalue weighted by Crippen LogP contribution is -2.70. The lowest BCUT2D eigenvalue weighted by atomic mass is 9.84. The molecule has 4 atom stereocenters. The molecule has 0 aromatic carbocycles. The molecule has 1 aromatic heterocycles. The van der Waals surface area contributed by atoms with Crippen molar-refractivity contribution in [3.8, 4) is 0 Å². The number of amides is 2. The summed E-state index contributed by atoms with van der Waals surface area (Å²) >= 11 is 0. The molecule has 13 heteroatoms. The van der Waals surface area contributed by atoms with Gasteiger partial charge in [-0.15, -0.1) is 4.91 Å². The summed E-state index contributed by atoms with van der Waals surface area (Å²) in [7, 11) is 1.67. The molecule has 0 aliphatic carbocycles. The molecule has 1 spiro atoms. The van der Waals surface area contributed by atoms with E-state index in [4.69, 9.17) is 10.5 Å². The van der Waals surface area contributed by atoms with Crippen LogP contribution in [0.1, 0.15) is 19.3 Å². The lowest BCUT2D eigenvalue weighted by molar-refractivity contribution is -0.223. The van der Waals surface area contributed by atoms with Crippen molar-refractivity contribution in [2.45, 2.75) is 43.4 Å². The zero-order chi connectivity index (χ0) is 26.2. The maximum atomic E-state index is 13.8. The van der Waals surface area contributed by atoms with Crippen molar-refractivity contribution in [1.82, 2.24) is 20.1 Å². The second-order valence-corrected chi connectivity index (χ2v) is 10.6. The van der Waals surface area contributed by atoms with E-state index in [0.717, 1.165) is 18.7 Å². The van der Waals surface area contributed by atoms with E-state index in [1.807, 2.05) is 11.0 Å². The third-order valence-corrected chi connectivity index (χ3v) is 8.12. The summed E-state index contributed by atoms with van der Waals surface area (Å²) in [6.07, 6.45) is 2.61. The molecule has 4 aliphatic rings. The molecule has 0 radical (unpaired) electrons.